The Labute approximate surface area is 168 Å². The highest BCUT2D eigenvalue weighted by Crippen LogP contribution is 2.22. The predicted octanol–water partition coefficient (Wildman–Crippen LogP) is 6.99. The first-order chi connectivity index (χ1) is 12.9. The van der Waals surface area contributed by atoms with Gasteiger partial charge in [0.05, 0.1) is 0 Å². The Kier molecular flexibility index (Phi) is 11.1. The van der Waals surface area contributed by atoms with Crippen molar-refractivity contribution in [3.05, 3.63) is 41.5 Å². The highest BCUT2D eigenvalue weighted by molar-refractivity contribution is 5.91. The van der Waals surface area contributed by atoms with Crippen LogP contribution < -0.4 is 0 Å². The zero-order valence-electron chi connectivity index (χ0n) is 18.4. The van der Waals surface area contributed by atoms with Crippen molar-refractivity contribution < 1.29 is 4.79 Å². The number of hydrogen-bond donors (Lipinski definition) is 0. The number of benzene rings is 1. The maximum atomic E-state index is 12.7. The van der Waals surface area contributed by atoms with E-state index in [0.29, 0.717) is 0 Å². The fourth-order valence-electron chi connectivity index (χ4n) is 3.16. The van der Waals surface area contributed by atoms with Crippen molar-refractivity contribution in [2.45, 2.75) is 91.4 Å². The van der Waals surface area contributed by atoms with Gasteiger partial charge in [0.1, 0.15) is 0 Å². The van der Waals surface area contributed by atoms with Crippen LogP contribution in [0.3, 0.4) is 0 Å². The first-order valence-corrected chi connectivity index (χ1v) is 11.0. The fraction of sp³-hybridized carbons (Fsp3) is 0.640. The Morgan fingerprint density at radius 1 is 0.852 bits per heavy atom. The molecule has 1 amide bonds. The topological polar surface area (TPSA) is 20.3 Å². The van der Waals surface area contributed by atoms with E-state index < -0.39 is 0 Å². The SMILES string of the molecule is CCCCCCN(CCCCCC)C(=O)/C=C/c1ccc(C(C)(C)C)cc1. The van der Waals surface area contributed by atoms with Crippen LogP contribution in [0.2, 0.25) is 0 Å². The smallest absolute Gasteiger partial charge is 0.246 e. The predicted molar refractivity (Wildman–Crippen MR) is 119 cm³/mol. The molecule has 0 spiro atoms. The molecule has 0 bridgehead atoms. The lowest BCUT2D eigenvalue weighted by Crippen LogP contribution is -2.31. The van der Waals surface area contributed by atoms with Crippen LogP contribution in [0, 0.1) is 0 Å². The van der Waals surface area contributed by atoms with E-state index in [2.05, 4.69) is 58.9 Å². The lowest BCUT2D eigenvalue weighted by molar-refractivity contribution is -0.126. The van der Waals surface area contributed by atoms with E-state index in [4.69, 9.17) is 0 Å². The molecule has 0 aliphatic carbocycles. The van der Waals surface area contributed by atoms with Gasteiger partial charge in [-0.2, -0.15) is 0 Å². The second-order valence-electron chi connectivity index (χ2n) is 8.65. The van der Waals surface area contributed by atoms with Crippen LogP contribution in [0.1, 0.15) is 97.1 Å². The maximum absolute atomic E-state index is 12.7. The molecule has 2 nitrogen and oxygen atoms in total. The number of hydrogen-bond acceptors (Lipinski definition) is 1. The van der Waals surface area contributed by atoms with Gasteiger partial charge in [-0.05, 0) is 35.5 Å². The minimum atomic E-state index is 0.155. The summed E-state index contributed by atoms with van der Waals surface area (Å²) in [6.07, 6.45) is 13.3. The molecule has 0 radical (unpaired) electrons. The van der Waals surface area contributed by atoms with Gasteiger partial charge in [0.25, 0.3) is 0 Å². The Morgan fingerprint density at radius 2 is 1.37 bits per heavy atom. The van der Waals surface area contributed by atoms with Crippen LogP contribution in [-0.4, -0.2) is 23.9 Å². The van der Waals surface area contributed by atoms with Crippen molar-refractivity contribution in [3.63, 3.8) is 0 Å². The standard InChI is InChI=1S/C25H41NO/c1-6-8-10-12-20-26(21-13-11-9-7-2)24(27)19-16-22-14-17-23(18-15-22)25(3,4)5/h14-19H,6-13,20-21H2,1-5H3/b19-16+. The number of amides is 1. The minimum Gasteiger partial charge on any atom is -0.339 e. The summed E-state index contributed by atoms with van der Waals surface area (Å²) in [6, 6.07) is 8.54. The summed E-state index contributed by atoms with van der Waals surface area (Å²) >= 11 is 0. The summed E-state index contributed by atoms with van der Waals surface area (Å²) in [4.78, 5) is 14.8. The van der Waals surface area contributed by atoms with E-state index in [1.165, 1.54) is 44.1 Å². The van der Waals surface area contributed by atoms with Gasteiger partial charge in [-0.25, -0.2) is 0 Å². The molecule has 1 aromatic carbocycles. The average molecular weight is 372 g/mol. The monoisotopic (exact) mass is 371 g/mol. The Morgan fingerprint density at radius 3 is 1.81 bits per heavy atom. The highest BCUT2D eigenvalue weighted by atomic mass is 16.2. The molecule has 0 heterocycles. The van der Waals surface area contributed by atoms with Gasteiger partial charge < -0.3 is 4.90 Å². The minimum absolute atomic E-state index is 0.155. The zero-order valence-corrected chi connectivity index (χ0v) is 18.4. The van der Waals surface area contributed by atoms with Crippen LogP contribution in [0.4, 0.5) is 0 Å². The molecule has 0 unspecified atom stereocenters. The second-order valence-corrected chi connectivity index (χ2v) is 8.65. The Hall–Kier alpha value is -1.57. The van der Waals surface area contributed by atoms with Crippen molar-refractivity contribution in [2.75, 3.05) is 13.1 Å². The van der Waals surface area contributed by atoms with E-state index in [-0.39, 0.29) is 11.3 Å². The molecular formula is C25H41NO. The van der Waals surface area contributed by atoms with E-state index in [1.54, 1.807) is 6.08 Å². The zero-order chi connectivity index (χ0) is 20.1. The molecule has 0 aliphatic heterocycles. The molecule has 0 aromatic heterocycles. The van der Waals surface area contributed by atoms with Crippen LogP contribution >= 0.6 is 0 Å². The van der Waals surface area contributed by atoms with Gasteiger partial charge >= 0.3 is 0 Å². The van der Waals surface area contributed by atoms with Crippen LogP contribution in [0.15, 0.2) is 30.3 Å². The van der Waals surface area contributed by atoms with Crippen molar-refractivity contribution in [1.82, 2.24) is 4.90 Å². The van der Waals surface area contributed by atoms with E-state index in [0.717, 1.165) is 31.5 Å². The Balaban J connectivity index is 2.64. The molecule has 2 heteroatoms. The number of carbonyl (C=O) groups is 1. The number of rotatable bonds is 12. The lowest BCUT2D eigenvalue weighted by atomic mass is 9.87. The van der Waals surface area contributed by atoms with Gasteiger partial charge in [0.15, 0.2) is 0 Å². The molecule has 0 atom stereocenters. The number of carbonyl (C=O) groups excluding carboxylic acids is 1. The van der Waals surface area contributed by atoms with E-state index >= 15 is 0 Å². The van der Waals surface area contributed by atoms with Crippen molar-refractivity contribution in [2.24, 2.45) is 0 Å². The molecule has 0 saturated heterocycles. The van der Waals surface area contributed by atoms with E-state index in [1.807, 2.05) is 11.0 Å². The maximum Gasteiger partial charge on any atom is 0.246 e. The third-order valence-electron chi connectivity index (χ3n) is 5.07. The quantitative estimate of drug-likeness (QED) is 0.286. The molecule has 0 saturated carbocycles. The molecule has 27 heavy (non-hydrogen) atoms. The third-order valence-corrected chi connectivity index (χ3v) is 5.07. The van der Waals surface area contributed by atoms with Crippen molar-refractivity contribution >= 4 is 12.0 Å². The molecule has 0 aliphatic rings. The summed E-state index contributed by atoms with van der Waals surface area (Å²) in [6.45, 7) is 12.9. The van der Waals surface area contributed by atoms with Crippen LogP contribution in [0.25, 0.3) is 6.08 Å². The van der Waals surface area contributed by atoms with Gasteiger partial charge in [0, 0.05) is 19.2 Å². The molecular weight excluding hydrogens is 330 g/mol. The van der Waals surface area contributed by atoms with Gasteiger partial charge in [-0.1, -0.05) is 97.4 Å². The van der Waals surface area contributed by atoms with Gasteiger partial charge in [-0.3, -0.25) is 4.79 Å². The van der Waals surface area contributed by atoms with Crippen LogP contribution in [-0.2, 0) is 10.2 Å². The van der Waals surface area contributed by atoms with Crippen molar-refractivity contribution in [3.8, 4) is 0 Å². The molecule has 0 fully saturated rings. The molecule has 152 valence electrons. The molecule has 1 aromatic rings. The molecule has 0 N–H and O–H groups in total. The fourth-order valence-corrected chi connectivity index (χ4v) is 3.16. The number of unbranched alkanes of at least 4 members (excludes halogenated alkanes) is 6. The number of nitrogens with zero attached hydrogens (tertiary/aromatic N) is 1. The average Bonchev–Trinajstić information content (AvgIpc) is 2.64. The van der Waals surface area contributed by atoms with Crippen molar-refractivity contribution in [1.29, 1.82) is 0 Å². The van der Waals surface area contributed by atoms with Gasteiger partial charge in [0.2, 0.25) is 5.91 Å². The summed E-state index contributed by atoms with van der Waals surface area (Å²) in [7, 11) is 0. The van der Waals surface area contributed by atoms with Gasteiger partial charge in [-0.15, -0.1) is 0 Å². The summed E-state index contributed by atoms with van der Waals surface area (Å²) in [5, 5.41) is 0. The largest absolute Gasteiger partial charge is 0.339 e. The van der Waals surface area contributed by atoms with E-state index in [9.17, 15) is 4.79 Å². The summed E-state index contributed by atoms with van der Waals surface area (Å²) in [5.74, 6) is 0.155. The normalized spacial score (nSPS) is 11.9. The highest BCUT2D eigenvalue weighted by Gasteiger charge is 2.13. The third kappa shape index (κ3) is 9.79. The summed E-state index contributed by atoms with van der Waals surface area (Å²) in [5.41, 5.74) is 2.57. The first-order valence-electron chi connectivity index (χ1n) is 11.0. The Bertz CT molecular complexity index is 539. The summed E-state index contributed by atoms with van der Waals surface area (Å²) < 4.78 is 0. The lowest BCUT2D eigenvalue weighted by Gasteiger charge is -2.21. The first kappa shape index (κ1) is 23.5. The molecule has 1 rings (SSSR count). The second kappa shape index (κ2) is 12.8. The van der Waals surface area contributed by atoms with Crippen LogP contribution in [0.5, 0.6) is 0 Å².